The van der Waals surface area contributed by atoms with Crippen molar-refractivity contribution in [3.63, 3.8) is 0 Å². The topological polar surface area (TPSA) is 52.6 Å². The monoisotopic (exact) mass is 230 g/mol. The number of rotatable bonds is 7. The van der Waals surface area contributed by atoms with Gasteiger partial charge in [0.2, 0.25) is 0 Å². The van der Waals surface area contributed by atoms with E-state index in [4.69, 9.17) is 9.47 Å². The molecule has 0 aromatic carbocycles. The zero-order valence-corrected chi connectivity index (χ0v) is 10.6. The lowest BCUT2D eigenvalue weighted by Crippen LogP contribution is -2.24. The van der Waals surface area contributed by atoms with Crippen LogP contribution < -0.4 is 0 Å². The number of carbonyl (C=O) groups is 2. The molecular weight excluding hydrogens is 208 g/mol. The Bertz CT molecular complexity index is 223. The van der Waals surface area contributed by atoms with E-state index < -0.39 is 11.9 Å². The molecule has 0 aliphatic rings. The Balaban J connectivity index is 3.92. The minimum Gasteiger partial charge on any atom is -0.465 e. The first-order valence-electron chi connectivity index (χ1n) is 5.86. The molecule has 0 aromatic rings. The second kappa shape index (κ2) is 8.13. The van der Waals surface area contributed by atoms with Crippen LogP contribution in [0.25, 0.3) is 0 Å². The molecule has 4 heteroatoms. The predicted molar refractivity (Wildman–Crippen MR) is 60.9 cm³/mol. The van der Waals surface area contributed by atoms with E-state index in [2.05, 4.69) is 0 Å². The first kappa shape index (κ1) is 14.9. The van der Waals surface area contributed by atoms with Gasteiger partial charge in [-0.05, 0) is 18.8 Å². The van der Waals surface area contributed by atoms with E-state index in [9.17, 15) is 9.59 Å². The Morgan fingerprint density at radius 3 is 2.19 bits per heavy atom. The Kier molecular flexibility index (Phi) is 7.60. The molecule has 4 nitrogen and oxygen atoms in total. The molecule has 94 valence electrons. The van der Waals surface area contributed by atoms with Gasteiger partial charge in [-0.3, -0.25) is 9.59 Å². The third-order valence-corrected chi connectivity index (χ3v) is 2.18. The summed E-state index contributed by atoms with van der Waals surface area (Å²) in [4.78, 5) is 22.5. The highest BCUT2D eigenvalue weighted by Gasteiger charge is 2.18. The molecule has 0 bridgehead atoms. The molecule has 0 radical (unpaired) electrons. The highest BCUT2D eigenvalue weighted by atomic mass is 16.6. The number of carbonyl (C=O) groups excluding carboxylic acids is 2. The number of ether oxygens (including phenoxy) is 2. The van der Waals surface area contributed by atoms with Crippen LogP contribution in [0.5, 0.6) is 0 Å². The standard InChI is InChI=1S/C12H22O4/c1-5-7-15-11(13)8-12(14)16-10(6-2)9(3)4/h9-10H,5-8H2,1-4H3. The normalized spacial score (nSPS) is 12.3. The lowest BCUT2D eigenvalue weighted by atomic mass is 10.1. The number of esters is 2. The van der Waals surface area contributed by atoms with Crippen LogP contribution in [0.4, 0.5) is 0 Å². The molecule has 1 atom stereocenters. The van der Waals surface area contributed by atoms with E-state index in [0.717, 1.165) is 12.8 Å². The summed E-state index contributed by atoms with van der Waals surface area (Å²) in [6, 6.07) is 0. The number of hydrogen-bond donors (Lipinski definition) is 0. The van der Waals surface area contributed by atoms with Gasteiger partial charge < -0.3 is 9.47 Å². The van der Waals surface area contributed by atoms with E-state index >= 15 is 0 Å². The summed E-state index contributed by atoms with van der Waals surface area (Å²) in [5, 5.41) is 0. The summed E-state index contributed by atoms with van der Waals surface area (Å²) >= 11 is 0. The molecule has 0 saturated carbocycles. The van der Waals surface area contributed by atoms with Crippen LogP contribution >= 0.6 is 0 Å². The van der Waals surface area contributed by atoms with E-state index in [1.54, 1.807) is 0 Å². The van der Waals surface area contributed by atoms with Crippen molar-refractivity contribution in [1.82, 2.24) is 0 Å². The van der Waals surface area contributed by atoms with Gasteiger partial charge >= 0.3 is 11.9 Å². The van der Waals surface area contributed by atoms with E-state index in [-0.39, 0.29) is 18.4 Å². The first-order chi connectivity index (χ1) is 7.51. The zero-order chi connectivity index (χ0) is 12.6. The van der Waals surface area contributed by atoms with Crippen LogP contribution in [0.1, 0.15) is 47.0 Å². The maximum Gasteiger partial charge on any atom is 0.317 e. The highest BCUT2D eigenvalue weighted by Crippen LogP contribution is 2.11. The average Bonchev–Trinajstić information content (AvgIpc) is 2.22. The smallest absolute Gasteiger partial charge is 0.317 e. The second-order valence-corrected chi connectivity index (χ2v) is 4.08. The van der Waals surface area contributed by atoms with Crippen LogP contribution in [0.15, 0.2) is 0 Å². The quantitative estimate of drug-likeness (QED) is 0.497. The Labute approximate surface area is 97.3 Å². The van der Waals surface area contributed by atoms with Gasteiger partial charge in [0, 0.05) is 0 Å². The van der Waals surface area contributed by atoms with E-state index in [0.29, 0.717) is 6.61 Å². The lowest BCUT2D eigenvalue weighted by molar-refractivity contribution is -0.159. The maximum atomic E-state index is 11.4. The minimum absolute atomic E-state index is 0.119. The maximum absolute atomic E-state index is 11.4. The summed E-state index contributed by atoms with van der Waals surface area (Å²) < 4.78 is 9.97. The molecule has 0 aliphatic heterocycles. The molecule has 0 amide bonds. The van der Waals surface area contributed by atoms with Crippen molar-refractivity contribution in [1.29, 1.82) is 0 Å². The van der Waals surface area contributed by atoms with Crippen molar-refractivity contribution in [3.8, 4) is 0 Å². The van der Waals surface area contributed by atoms with Crippen molar-refractivity contribution < 1.29 is 19.1 Å². The third kappa shape index (κ3) is 6.43. The van der Waals surface area contributed by atoms with Crippen molar-refractivity contribution in [2.75, 3.05) is 6.61 Å². The van der Waals surface area contributed by atoms with Crippen molar-refractivity contribution in [3.05, 3.63) is 0 Å². The van der Waals surface area contributed by atoms with Gasteiger partial charge in [0.25, 0.3) is 0 Å². The van der Waals surface area contributed by atoms with Gasteiger partial charge in [0.05, 0.1) is 6.61 Å². The molecule has 0 aliphatic carbocycles. The molecule has 16 heavy (non-hydrogen) atoms. The predicted octanol–water partition coefficient (Wildman–Crippen LogP) is 2.31. The molecule has 1 unspecified atom stereocenters. The summed E-state index contributed by atoms with van der Waals surface area (Å²) in [6.45, 7) is 8.17. The van der Waals surface area contributed by atoms with Gasteiger partial charge in [-0.2, -0.15) is 0 Å². The van der Waals surface area contributed by atoms with Crippen molar-refractivity contribution >= 4 is 11.9 Å². The van der Waals surface area contributed by atoms with Gasteiger partial charge in [-0.15, -0.1) is 0 Å². The SMILES string of the molecule is CCCOC(=O)CC(=O)OC(CC)C(C)C. The zero-order valence-electron chi connectivity index (χ0n) is 10.6. The van der Waals surface area contributed by atoms with Crippen LogP contribution in [-0.4, -0.2) is 24.6 Å². The largest absolute Gasteiger partial charge is 0.465 e. The lowest BCUT2D eigenvalue weighted by Gasteiger charge is -2.19. The van der Waals surface area contributed by atoms with E-state index in [1.165, 1.54) is 0 Å². The molecule has 0 spiro atoms. The van der Waals surface area contributed by atoms with Gasteiger partial charge in [0.15, 0.2) is 0 Å². The first-order valence-corrected chi connectivity index (χ1v) is 5.86. The van der Waals surface area contributed by atoms with E-state index in [1.807, 2.05) is 27.7 Å². The molecular formula is C12H22O4. The molecule has 0 saturated heterocycles. The molecule has 0 rings (SSSR count). The second-order valence-electron chi connectivity index (χ2n) is 4.08. The van der Waals surface area contributed by atoms with Crippen molar-refractivity contribution in [2.24, 2.45) is 5.92 Å². The van der Waals surface area contributed by atoms with Crippen LogP contribution in [-0.2, 0) is 19.1 Å². The average molecular weight is 230 g/mol. The fourth-order valence-corrected chi connectivity index (χ4v) is 1.29. The molecule has 0 N–H and O–H groups in total. The third-order valence-electron chi connectivity index (χ3n) is 2.18. The molecule has 0 heterocycles. The van der Waals surface area contributed by atoms with Crippen LogP contribution in [0.2, 0.25) is 0 Å². The summed E-state index contributed by atoms with van der Waals surface area (Å²) in [7, 11) is 0. The Morgan fingerprint density at radius 1 is 1.12 bits per heavy atom. The molecule has 0 fully saturated rings. The van der Waals surface area contributed by atoms with Gasteiger partial charge in [-0.1, -0.05) is 27.7 Å². The number of hydrogen-bond acceptors (Lipinski definition) is 4. The van der Waals surface area contributed by atoms with Crippen molar-refractivity contribution in [2.45, 2.75) is 53.1 Å². The highest BCUT2D eigenvalue weighted by molar-refractivity contribution is 5.91. The summed E-state index contributed by atoms with van der Waals surface area (Å²) in [5.74, 6) is -0.743. The fourth-order valence-electron chi connectivity index (χ4n) is 1.29. The van der Waals surface area contributed by atoms with Gasteiger partial charge in [-0.25, -0.2) is 0 Å². The fraction of sp³-hybridized carbons (Fsp3) is 0.833. The summed E-state index contributed by atoms with van der Waals surface area (Å²) in [6.07, 6.45) is 1.10. The van der Waals surface area contributed by atoms with Crippen LogP contribution in [0.3, 0.4) is 0 Å². The minimum atomic E-state index is -0.509. The Morgan fingerprint density at radius 2 is 1.75 bits per heavy atom. The molecule has 0 aromatic heterocycles. The Hall–Kier alpha value is -1.06. The van der Waals surface area contributed by atoms with Crippen LogP contribution in [0, 0.1) is 5.92 Å². The summed E-state index contributed by atoms with van der Waals surface area (Å²) in [5.41, 5.74) is 0. The van der Waals surface area contributed by atoms with Gasteiger partial charge in [0.1, 0.15) is 12.5 Å².